The van der Waals surface area contributed by atoms with Gasteiger partial charge in [-0.05, 0) is 6.92 Å². The highest BCUT2D eigenvalue weighted by molar-refractivity contribution is 6.02. The van der Waals surface area contributed by atoms with E-state index >= 15 is 0 Å². The van der Waals surface area contributed by atoms with Gasteiger partial charge in [0, 0.05) is 5.56 Å². The third-order valence-corrected chi connectivity index (χ3v) is 2.30. The van der Waals surface area contributed by atoms with E-state index in [1.165, 1.54) is 0 Å². The number of hydrogen-bond acceptors (Lipinski definition) is 4. The van der Waals surface area contributed by atoms with Gasteiger partial charge in [-0.3, -0.25) is 4.79 Å². The van der Waals surface area contributed by atoms with Crippen molar-refractivity contribution >= 4 is 11.7 Å². The first-order valence-corrected chi connectivity index (χ1v) is 5.26. The number of ketones is 1. The Hall–Kier alpha value is -1.84. The summed E-state index contributed by atoms with van der Waals surface area (Å²) in [5, 5.41) is 3.73. The number of oxime groups is 1. The van der Waals surface area contributed by atoms with Crippen molar-refractivity contribution in [1.82, 2.24) is 0 Å². The number of carbonyl (C=O) groups is 1. The number of ether oxygens (including phenoxy) is 1. The SMILES string of the molecule is CCOC1=NOC(C(=O)c2ccccc2)C1. The zero-order valence-corrected chi connectivity index (χ0v) is 9.05. The van der Waals surface area contributed by atoms with E-state index in [1.807, 2.05) is 25.1 Å². The lowest BCUT2D eigenvalue weighted by molar-refractivity contribution is 0.0555. The van der Waals surface area contributed by atoms with E-state index in [1.54, 1.807) is 12.1 Å². The van der Waals surface area contributed by atoms with Crippen LogP contribution < -0.4 is 0 Å². The molecule has 0 bridgehead atoms. The molecule has 1 heterocycles. The average Bonchev–Trinajstić information content (AvgIpc) is 2.78. The van der Waals surface area contributed by atoms with Crippen molar-refractivity contribution in [3.05, 3.63) is 35.9 Å². The number of Topliss-reactive ketones (excluding diaryl/α,β-unsaturated/α-hetero) is 1. The number of hydrogen-bond donors (Lipinski definition) is 0. The predicted molar refractivity (Wildman–Crippen MR) is 59.3 cm³/mol. The Morgan fingerprint density at radius 1 is 1.50 bits per heavy atom. The van der Waals surface area contributed by atoms with Crippen LogP contribution in [0.25, 0.3) is 0 Å². The van der Waals surface area contributed by atoms with Gasteiger partial charge in [0.1, 0.15) is 0 Å². The molecule has 4 nitrogen and oxygen atoms in total. The van der Waals surface area contributed by atoms with Gasteiger partial charge in [-0.2, -0.15) is 0 Å². The molecule has 0 aliphatic carbocycles. The van der Waals surface area contributed by atoms with E-state index in [0.717, 1.165) is 0 Å². The summed E-state index contributed by atoms with van der Waals surface area (Å²) >= 11 is 0. The number of rotatable bonds is 3. The molecule has 0 aromatic heterocycles. The van der Waals surface area contributed by atoms with Gasteiger partial charge in [0.2, 0.25) is 11.7 Å². The summed E-state index contributed by atoms with van der Waals surface area (Å²) < 4.78 is 5.19. The molecule has 1 aromatic rings. The van der Waals surface area contributed by atoms with Gasteiger partial charge in [0.05, 0.1) is 13.0 Å². The molecule has 16 heavy (non-hydrogen) atoms. The van der Waals surface area contributed by atoms with E-state index in [4.69, 9.17) is 9.57 Å². The maximum absolute atomic E-state index is 11.9. The number of carbonyl (C=O) groups excluding carboxylic acids is 1. The van der Waals surface area contributed by atoms with Crippen molar-refractivity contribution in [3.8, 4) is 0 Å². The fraction of sp³-hybridized carbons (Fsp3) is 0.333. The molecule has 1 atom stereocenters. The van der Waals surface area contributed by atoms with Crippen LogP contribution in [0.5, 0.6) is 0 Å². The Labute approximate surface area is 93.9 Å². The summed E-state index contributed by atoms with van der Waals surface area (Å²) in [6.07, 6.45) is -0.120. The molecule has 0 fully saturated rings. The van der Waals surface area contributed by atoms with Crippen LogP contribution in [0.3, 0.4) is 0 Å². The van der Waals surface area contributed by atoms with Crippen molar-refractivity contribution < 1.29 is 14.4 Å². The molecule has 0 spiro atoms. The molecule has 1 aromatic carbocycles. The van der Waals surface area contributed by atoms with Gasteiger partial charge in [0.25, 0.3) is 0 Å². The summed E-state index contributed by atoms with van der Waals surface area (Å²) in [4.78, 5) is 17.0. The minimum Gasteiger partial charge on any atom is -0.479 e. The molecular weight excluding hydrogens is 206 g/mol. The minimum atomic E-state index is -0.538. The fourth-order valence-electron chi connectivity index (χ4n) is 1.54. The molecule has 0 saturated carbocycles. The van der Waals surface area contributed by atoms with E-state index in [9.17, 15) is 4.79 Å². The highest BCUT2D eigenvalue weighted by atomic mass is 16.7. The lowest BCUT2D eigenvalue weighted by Gasteiger charge is -2.06. The molecule has 84 valence electrons. The second-order valence-corrected chi connectivity index (χ2v) is 3.45. The van der Waals surface area contributed by atoms with Gasteiger partial charge in [-0.25, -0.2) is 0 Å². The van der Waals surface area contributed by atoms with Gasteiger partial charge in [-0.15, -0.1) is 0 Å². The summed E-state index contributed by atoms with van der Waals surface area (Å²) in [6, 6.07) is 9.06. The van der Waals surface area contributed by atoms with Crippen LogP contribution in [0, 0.1) is 0 Å². The molecule has 4 heteroatoms. The van der Waals surface area contributed by atoms with Crippen molar-refractivity contribution in [2.75, 3.05) is 6.61 Å². The van der Waals surface area contributed by atoms with E-state index < -0.39 is 6.10 Å². The Kier molecular flexibility index (Phi) is 3.19. The third kappa shape index (κ3) is 2.21. The van der Waals surface area contributed by atoms with Crippen LogP contribution in [0.15, 0.2) is 35.5 Å². The molecule has 0 saturated heterocycles. The minimum absolute atomic E-state index is 0.0564. The molecule has 0 amide bonds. The molecule has 1 aliphatic heterocycles. The predicted octanol–water partition coefficient (Wildman–Crippen LogP) is 2.01. The van der Waals surface area contributed by atoms with E-state index in [-0.39, 0.29) is 5.78 Å². The van der Waals surface area contributed by atoms with Crippen LogP contribution in [0.2, 0.25) is 0 Å². The lowest BCUT2D eigenvalue weighted by atomic mass is 10.0. The van der Waals surface area contributed by atoms with Crippen LogP contribution in [-0.2, 0) is 9.57 Å². The first kappa shape index (κ1) is 10.7. The topological polar surface area (TPSA) is 47.9 Å². The first-order valence-electron chi connectivity index (χ1n) is 5.26. The lowest BCUT2D eigenvalue weighted by Crippen LogP contribution is -2.21. The molecule has 2 rings (SSSR count). The van der Waals surface area contributed by atoms with Crippen LogP contribution in [0.4, 0.5) is 0 Å². The van der Waals surface area contributed by atoms with Crippen LogP contribution in [0.1, 0.15) is 23.7 Å². The Bertz CT molecular complexity index is 400. The summed E-state index contributed by atoms with van der Waals surface area (Å²) in [5.74, 6) is 0.441. The summed E-state index contributed by atoms with van der Waals surface area (Å²) in [7, 11) is 0. The molecule has 1 aliphatic rings. The zero-order chi connectivity index (χ0) is 11.4. The van der Waals surface area contributed by atoms with Crippen molar-refractivity contribution in [1.29, 1.82) is 0 Å². The monoisotopic (exact) mass is 219 g/mol. The van der Waals surface area contributed by atoms with E-state index in [0.29, 0.717) is 24.5 Å². The Morgan fingerprint density at radius 2 is 2.25 bits per heavy atom. The largest absolute Gasteiger partial charge is 0.479 e. The number of benzene rings is 1. The van der Waals surface area contributed by atoms with Gasteiger partial charge in [-0.1, -0.05) is 35.5 Å². The molecule has 0 radical (unpaired) electrons. The third-order valence-electron chi connectivity index (χ3n) is 2.30. The van der Waals surface area contributed by atoms with E-state index in [2.05, 4.69) is 5.16 Å². The van der Waals surface area contributed by atoms with Crippen LogP contribution >= 0.6 is 0 Å². The quantitative estimate of drug-likeness (QED) is 0.730. The maximum Gasteiger partial charge on any atom is 0.229 e. The second-order valence-electron chi connectivity index (χ2n) is 3.45. The summed E-state index contributed by atoms with van der Waals surface area (Å²) in [6.45, 7) is 2.41. The normalized spacial score (nSPS) is 18.8. The van der Waals surface area contributed by atoms with Crippen LogP contribution in [-0.4, -0.2) is 24.4 Å². The zero-order valence-electron chi connectivity index (χ0n) is 9.05. The maximum atomic E-state index is 11.9. The highest BCUT2D eigenvalue weighted by Crippen LogP contribution is 2.16. The van der Waals surface area contributed by atoms with Crippen molar-refractivity contribution in [2.24, 2.45) is 5.16 Å². The number of nitrogens with zero attached hydrogens (tertiary/aromatic N) is 1. The second kappa shape index (κ2) is 4.79. The Morgan fingerprint density at radius 3 is 2.94 bits per heavy atom. The molecule has 1 unspecified atom stereocenters. The van der Waals surface area contributed by atoms with Gasteiger partial charge in [0.15, 0.2) is 6.10 Å². The van der Waals surface area contributed by atoms with Crippen molar-refractivity contribution in [2.45, 2.75) is 19.4 Å². The van der Waals surface area contributed by atoms with Gasteiger partial charge >= 0.3 is 0 Å². The highest BCUT2D eigenvalue weighted by Gasteiger charge is 2.29. The standard InChI is InChI=1S/C12H13NO3/c1-2-15-11-8-10(16-13-11)12(14)9-6-4-3-5-7-9/h3-7,10H,2,8H2,1H3. The van der Waals surface area contributed by atoms with Crippen molar-refractivity contribution in [3.63, 3.8) is 0 Å². The average molecular weight is 219 g/mol. The first-order chi connectivity index (χ1) is 7.81. The Balaban J connectivity index is 1.99. The van der Waals surface area contributed by atoms with Gasteiger partial charge < -0.3 is 9.57 Å². The molecule has 0 N–H and O–H groups in total. The fourth-order valence-corrected chi connectivity index (χ4v) is 1.54. The summed E-state index contributed by atoms with van der Waals surface area (Å²) in [5.41, 5.74) is 0.639. The smallest absolute Gasteiger partial charge is 0.229 e. The molecular formula is C12H13NO3.